The van der Waals surface area contributed by atoms with Crippen molar-refractivity contribution in [3.8, 4) is 0 Å². The summed E-state index contributed by atoms with van der Waals surface area (Å²) in [7, 11) is 0. The summed E-state index contributed by atoms with van der Waals surface area (Å²) in [6, 6.07) is 11.1. The molecule has 0 radical (unpaired) electrons. The highest BCUT2D eigenvalue weighted by Gasteiger charge is 2.16. The molecular weight excluding hydrogens is 239 g/mol. The van der Waals surface area contributed by atoms with Crippen LogP contribution in [0.5, 0.6) is 0 Å². The first kappa shape index (κ1) is 13.7. The molecule has 0 bridgehead atoms. The van der Waals surface area contributed by atoms with E-state index in [0.717, 1.165) is 17.5 Å². The van der Waals surface area contributed by atoms with Gasteiger partial charge in [-0.25, -0.2) is 4.39 Å². The minimum absolute atomic E-state index is 0.0179. The summed E-state index contributed by atoms with van der Waals surface area (Å²) in [5, 5.41) is 3.47. The monoisotopic (exact) mass is 258 g/mol. The third kappa shape index (κ3) is 3.38. The van der Waals surface area contributed by atoms with Gasteiger partial charge in [0.15, 0.2) is 0 Å². The van der Waals surface area contributed by atoms with Crippen molar-refractivity contribution in [2.75, 3.05) is 0 Å². The van der Waals surface area contributed by atoms with Gasteiger partial charge in [0.2, 0.25) is 0 Å². The van der Waals surface area contributed by atoms with Gasteiger partial charge in [-0.05, 0) is 37.1 Å². The van der Waals surface area contributed by atoms with Gasteiger partial charge in [-0.15, -0.1) is 0 Å². The molecule has 0 aliphatic heterocycles. The van der Waals surface area contributed by atoms with Crippen molar-refractivity contribution in [1.29, 1.82) is 0 Å². The lowest BCUT2D eigenvalue weighted by atomic mass is 10.0. The van der Waals surface area contributed by atoms with Gasteiger partial charge in [-0.3, -0.25) is 4.98 Å². The number of rotatable bonds is 5. The van der Waals surface area contributed by atoms with Crippen LogP contribution in [0.4, 0.5) is 4.39 Å². The van der Waals surface area contributed by atoms with Crippen LogP contribution in [-0.4, -0.2) is 4.98 Å². The molecule has 0 aliphatic carbocycles. The molecule has 1 N–H and O–H groups in total. The van der Waals surface area contributed by atoms with Crippen LogP contribution in [0.15, 0.2) is 48.8 Å². The zero-order valence-corrected chi connectivity index (χ0v) is 11.3. The number of hydrogen-bond acceptors (Lipinski definition) is 2. The molecule has 1 unspecified atom stereocenters. The lowest BCUT2D eigenvalue weighted by Crippen LogP contribution is -2.25. The molecule has 0 spiro atoms. The molecule has 3 heteroatoms. The van der Waals surface area contributed by atoms with E-state index in [2.05, 4.69) is 24.1 Å². The minimum atomic E-state index is -0.149. The third-order valence-electron chi connectivity index (χ3n) is 3.35. The van der Waals surface area contributed by atoms with Crippen molar-refractivity contribution in [2.45, 2.75) is 32.4 Å². The Morgan fingerprint density at radius 2 is 1.84 bits per heavy atom. The molecule has 2 aromatic rings. The second-order valence-electron chi connectivity index (χ2n) is 4.65. The summed E-state index contributed by atoms with van der Waals surface area (Å²) < 4.78 is 13.8. The van der Waals surface area contributed by atoms with Gasteiger partial charge in [-0.2, -0.15) is 0 Å². The SMILES string of the molecule is CCC(N[C@@H](C)c1ccncc1)c1ccccc1F. The first-order chi connectivity index (χ1) is 9.22. The molecule has 100 valence electrons. The first-order valence-electron chi connectivity index (χ1n) is 6.62. The fraction of sp³-hybridized carbons (Fsp3) is 0.312. The molecule has 19 heavy (non-hydrogen) atoms. The maximum absolute atomic E-state index is 13.8. The van der Waals surface area contributed by atoms with Gasteiger partial charge < -0.3 is 5.32 Å². The molecule has 0 amide bonds. The summed E-state index contributed by atoms with van der Waals surface area (Å²) in [4.78, 5) is 4.01. The second kappa shape index (κ2) is 6.43. The number of aromatic nitrogens is 1. The van der Waals surface area contributed by atoms with Crippen molar-refractivity contribution in [1.82, 2.24) is 10.3 Å². The predicted octanol–water partition coefficient (Wildman–Crippen LogP) is 4.02. The number of nitrogens with zero attached hydrogens (tertiary/aromatic N) is 1. The van der Waals surface area contributed by atoms with Gasteiger partial charge >= 0.3 is 0 Å². The smallest absolute Gasteiger partial charge is 0.127 e. The van der Waals surface area contributed by atoms with E-state index in [1.165, 1.54) is 6.07 Å². The van der Waals surface area contributed by atoms with E-state index in [1.807, 2.05) is 24.3 Å². The van der Waals surface area contributed by atoms with Crippen LogP contribution in [0.1, 0.15) is 43.5 Å². The molecule has 1 aromatic heterocycles. The summed E-state index contributed by atoms with van der Waals surface area (Å²) in [6.45, 7) is 4.14. The Bertz CT molecular complexity index is 513. The van der Waals surface area contributed by atoms with E-state index in [0.29, 0.717) is 0 Å². The average Bonchev–Trinajstić information content (AvgIpc) is 2.46. The van der Waals surface area contributed by atoms with Gasteiger partial charge in [0.05, 0.1) is 0 Å². The Kier molecular flexibility index (Phi) is 4.63. The van der Waals surface area contributed by atoms with Gasteiger partial charge in [0.1, 0.15) is 5.82 Å². The molecule has 2 nitrogen and oxygen atoms in total. The Balaban J connectivity index is 2.14. The Labute approximate surface area is 113 Å². The van der Waals surface area contributed by atoms with Gasteiger partial charge in [-0.1, -0.05) is 25.1 Å². The fourth-order valence-corrected chi connectivity index (χ4v) is 2.24. The van der Waals surface area contributed by atoms with Crippen molar-refractivity contribution in [2.24, 2.45) is 0 Å². The topological polar surface area (TPSA) is 24.9 Å². The van der Waals surface area contributed by atoms with E-state index < -0.39 is 0 Å². The largest absolute Gasteiger partial charge is 0.303 e. The molecule has 1 heterocycles. The average molecular weight is 258 g/mol. The number of nitrogens with one attached hydrogen (secondary N) is 1. The maximum Gasteiger partial charge on any atom is 0.127 e. The fourth-order valence-electron chi connectivity index (χ4n) is 2.24. The van der Waals surface area contributed by atoms with Crippen LogP contribution in [0.2, 0.25) is 0 Å². The van der Waals surface area contributed by atoms with Crippen molar-refractivity contribution < 1.29 is 4.39 Å². The lowest BCUT2D eigenvalue weighted by molar-refractivity contribution is 0.439. The van der Waals surface area contributed by atoms with E-state index in [-0.39, 0.29) is 17.9 Å². The molecule has 0 aliphatic rings. The highest BCUT2D eigenvalue weighted by Crippen LogP contribution is 2.23. The van der Waals surface area contributed by atoms with Crippen LogP contribution in [0.25, 0.3) is 0 Å². The maximum atomic E-state index is 13.8. The van der Waals surface area contributed by atoms with Crippen LogP contribution in [-0.2, 0) is 0 Å². The predicted molar refractivity (Wildman–Crippen MR) is 75.2 cm³/mol. The van der Waals surface area contributed by atoms with Crippen molar-refractivity contribution in [3.05, 3.63) is 65.7 Å². The highest BCUT2D eigenvalue weighted by atomic mass is 19.1. The number of halogens is 1. The van der Waals surface area contributed by atoms with Crippen LogP contribution in [0, 0.1) is 5.82 Å². The van der Waals surface area contributed by atoms with Crippen LogP contribution < -0.4 is 5.32 Å². The molecule has 2 rings (SSSR count). The first-order valence-corrected chi connectivity index (χ1v) is 6.62. The summed E-state index contributed by atoms with van der Waals surface area (Å²) in [5.74, 6) is -0.149. The normalized spacial score (nSPS) is 14.1. The minimum Gasteiger partial charge on any atom is -0.303 e. The number of benzene rings is 1. The zero-order chi connectivity index (χ0) is 13.7. The number of pyridine rings is 1. The molecule has 0 fully saturated rings. The van der Waals surface area contributed by atoms with E-state index in [9.17, 15) is 4.39 Å². The van der Waals surface area contributed by atoms with Gasteiger partial charge in [0, 0.05) is 30.0 Å². The number of hydrogen-bond donors (Lipinski definition) is 1. The highest BCUT2D eigenvalue weighted by molar-refractivity contribution is 5.22. The molecule has 1 aromatic carbocycles. The van der Waals surface area contributed by atoms with Crippen molar-refractivity contribution in [3.63, 3.8) is 0 Å². The zero-order valence-electron chi connectivity index (χ0n) is 11.3. The lowest BCUT2D eigenvalue weighted by Gasteiger charge is -2.23. The molecular formula is C16H19FN2. The van der Waals surface area contributed by atoms with E-state index in [4.69, 9.17) is 0 Å². The van der Waals surface area contributed by atoms with Gasteiger partial charge in [0.25, 0.3) is 0 Å². The standard InChI is InChI=1S/C16H19FN2/c1-3-16(14-6-4-5-7-15(14)17)19-12(2)13-8-10-18-11-9-13/h4-12,16,19H,3H2,1-2H3/t12-,16?/m0/s1. The van der Waals surface area contributed by atoms with E-state index >= 15 is 0 Å². The van der Waals surface area contributed by atoms with Crippen LogP contribution >= 0.6 is 0 Å². The van der Waals surface area contributed by atoms with Crippen LogP contribution in [0.3, 0.4) is 0 Å². The Morgan fingerprint density at radius 1 is 1.16 bits per heavy atom. The summed E-state index contributed by atoms with van der Waals surface area (Å²) in [5.41, 5.74) is 1.88. The molecule has 0 saturated heterocycles. The Hall–Kier alpha value is -1.74. The second-order valence-corrected chi connectivity index (χ2v) is 4.65. The van der Waals surface area contributed by atoms with Crippen molar-refractivity contribution >= 4 is 0 Å². The quantitative estimate of drug-likeness (QED) is 0.876. The molecule has 2 atom stereocenters. The third-order valence-corrected chi connectivity index (χ3v) is 3.35. The summed E-state index contributed by atoms with van der Waals surface area (Å²) >= 11 is 0. The van der Waals surface area contributed by atoms with E-state index in [1.54, 1.807) is 18.5 Å². The summed E-state index contributed by atoms with van der Waals surface area (Å²) in [6.07, 6.45) is 4.39. The Morgan fingerprint density at radius 3 is 2.47 bits per heavy atom. The molecule has 0 saturated carbocycles.